The van der Waals surface area contributed by atoms with E-state index in [1.807, 2.05) is 24.3 Å². The maximum atomic E-state index is 11.1. The molecule has 0 radical (unpaired) electrons. The maximum Gasteiger partial charge on any atom is 0.306 e. The molecule has 0 aromatic heterocycles. The summed E-state index contributed by atoms with van der Waals surface area (Å²) in [4.78, 5) is 23.8. The molecule has 1 saturated heterocycles. The van der Waals surface area contributed by atoms with Gasteiger partial charge in [0.1, 0.15) is 5.75 Å². The summed E-state index contributed by atoms with van der Waals surface area (Å²) in [6.45, 7) is 1.60. The molecule has 1 saturated carbocycles. The van der Waals surface area contributed by atoms with Crippen LogP contribution < -0.4 is 4.74 Å². The van der Waals surface area contributed by atoms with E-state index in [9.17, 15) is 14.9 Å². The Hall–Kier alpha value is -2.55. The number of carbonyl (C=O) groups excluding carboxylic acids is 1. The van der Waals surface area contributed by atoms with Gasteiger partial charge in [0.2, 0.25) is 6.41 Å². The van der Waals surface area contributed by atoms with Gasteiger partial charge < -0.3 is 14.7 Å². The lowest BCUT2D eigenvalue weighted by atomic mass is 9.73. The molecule has 6 heteroatoms. The zero-order valence-electron chi connectivity index (χ0n) is 14.8. The molecule has 2 unspecified atom stereocenters. The summed E-state index contributed by atoms with van der Waals surface area (Å²) in [6.07, 6.45) is 4.23. The number of carbonyl (C=O) groups is 2. The van der Waals surface area contributed by atoms with Crippen LogP contribution in [0.4, 0.5) is 0 Å². The normalized spacial score (nSPS) is 24.7. The van der Waals surface area contributed by atoms with Gasteiger partial charge in [0.25, 0.3) is 0 Å². The Kier molecular flexibility index (Phi) is 5.46. The Morgan fingerprint density at radius 2 is 2.08 bits per heavy atom. The summed E-state index contributed by atoms with van der Waals surface area (Å²) in [7, 11) is 0. The standard InChI is InChI=1S/C20H24N2O4/c21-13-20(7-9-22(14-23)10-8-20)17-3-1-2-4-18(17)26-12-15-5-6-16(11-15)19(24)25/h1-4,14-16H,5-12H2,(H,24,25). The highest BCUT2D eigenvalue weighted by Crippen LogP contribution is 2.40. The third kappa shape index (κ3) is 3.67. The van der Waals surface area contributed by atoms with Gasteiger partial charge in [-0.1, -0.05) is 18.2 Å². The number of piperidine rings is 1. The molecular formula is C20H24N2O4. The predicted molar refractivity (Wildman–Crippen MR) is 94.6 cm³/mol. The summed E-state index contributed by atoms with van der Waals surface area (Å²) >= 11 is 0. The fraction of sp³-hybridized carbons (Fsp3) is 0.550. The number of ether oxygens (including phenoxy) is 1. The Bertz CT molecular complexity index is 704. The van der Waals surface area contributed by atoms with Gasteiger partial charge >= 0.3 is 5.97 Å². The largest absolute Gasteiger partial charge is 0.493 e. The van der Waals surface area contributed by atoms with Gasteiger partial charge in [-0.15, -0.1) is 0 Å². The second-order valence-electron chi connectivity index (χ2n) is 7.36. The van der Waals surface area contributed by atoms with Crippen LogP contribution in [-0.2, 0) is 15.0 Å². The minimum atomic E-state index is -0.724. The first kappa shape index (κ1) is 18.2. The van der Waals surface area contributed by atoms with Crippen molar-refractivity contribution in [2.75, 3.05) is 19.7 Å². The number of para-hydroxylation sites is 1. The van der Waals surface area contributed by atoms with Gasteiger partial charge in [-0.3, -0.25) is 9.59 Å². The summed E-state index contributed by atoms with van der Waals surface area (Å²) in [5.41, 5.74) is 0.232. The zero-order chi connectivity index (χ0) is 18.6. The average Bonchev–Trinajstić information content (AvgIpc) is 3.16. The number of likely N-dealkylation sites (tertiary alicyclic amines) is 1. The van der Waals surface area contributed by atoms with Crippen LogP contribution in [-0.4, -0.2) is 42.1 Å². The predicted octanol–water partition coefficient (Wildman–Crippen LogP) is 2.58. The molecular weight excluding hydrogens is 332 g/mol. The number of rotatable bonds is 6. The van der Waals surface area contributed by atoms with Gasteiger partial charge in [0.15, 0.2) is 0 Å². The lowest BCUT2D eigenvalue weighted by molar-refractivity contribution is -0.141. The van der Waals surface area contributed by atoms with Crippen LogP contribution in [0.1, 0.15) is 37.7 Å². The van der Waals surface area contributed by atoms with Crippen LogP contribution in [0.15, 0.2) is 24.3 Å². The van der Waals surface area contributed by atoms with Crippen LogP contribution in [0.25, 0.3) is 0 Å². The number of nitrogens with zero attached hydrogens (tertiary/aromatic N) is 2. The molecule has 1 aliphatic carbocycles. The second-order valence-corrected chi connectivity index (χ2v) is 7.36. The third-order valence-corrected chi connectivity index (χ3v) is 5.78. The van der Waals surface area contributed by atoms with E-state index in [4.69, 9.17) is 9.84 Å². The van der Waals surface area contributed by atoms with Crippen molar-refractivity contribution < 1.29 is 19.4 Å². The smallest absolute Gasteiger partial charge is 0.306 e. The monoisotopic (exact) mass is 356 g/mol. The summed E-state index contributed by atoms with van der Waals surface area (Å²) in [5.74, 6) is -0.0540. The van der Waals surface area contributed by atoms with Crippen molar-refractivity contribution in [1.29, 1.82) is 5.26 Å². The van der Waals surface area contributed by atoms with E-state index in [0.29, 0.717) is 51.1 Å². The van der Waals surface area contributed by atoms with Gasteiger partial charge in [0, 0.05) is 18.7 Å². The Balaban J connectivity index is 1.71. The Labute approximate surface area is 153 Å². The number of carboxylic acids is 1. The highest BCUT2D eigenvalue weighted by Gasteiger charge is 2.38. The van der Waals surface area contributed by atoms with Gasteiger partial charge in [-0.05, 0) is 44.1 Å². The molecule has 1 amide bonds. The van der Waals surface area contributed by atoms with Crippen LogP contribution in [0.2, 0.25) is 0 Å². The minimum Gasteiger partial charge on any atom is -0.493 e. The summed E-state index contributed by atoms with van der Waals surface area (Å²) in [6, 6.07) is 10.1. The zero-order valence-corrected chi connectivity index (χ0v) is 14.8. The number of hydrogen-bond donors (Lipinski definition) is 1. The van der Waals surface area contributed by atoms with Crippen LogP contribution in [0.3, 0.4) is 0 Å². The van der Waals surface area contributed by atoms with Crippen molar-refractivity contribution in [2.24, 2.45) is 11.8 Å². The van der Waals surface area contributed by atoms with Crippen molar-refractivity contribution in [3.8, 4) is 11.8 Å². The SMILES string of the molecule is N#CC1(c2ccccc2OCC2CCC(C(=O)O)C2)CCN(C=O)CC1. The van der Waals surface area contributed by atoms with E-state index in [1.165, 1.54) is 0 Å². The fourth-order valence-electron chi connectivity index (χ4n) is 4.10. The highest BCUT2D eigenvalue weighted by atomic mass is 16.5. The van der Waals surface area contributed by atoms with E-state index in [-0.39, 0.29) is 11.8 Å². The van der Waals surface area contributed by atoms with Crippen molar-refractivity contribution in [1.82, 2.24) is 4.90 Å². The molecule has 1 aromatic rings. The molecule has 1 N–H and O–H groups in total. The molecule has 2 aliphatic rings. The number of nitriles is 1. The van der Waals surface area contributed by atoms with E-state index >= 15 is 0 Å². The van der Waals surface area contributed by atoms with Gasteiger partial charge in [-0.25, -0.2) is 0 Å². The van der Waals surface area contributed by atoms with E-state index in [0.717, 1.165) is 18.4 Å². The fourth-order valence-corrected chi connectivity index (χ4v) is 4.10. The molecule has 0 bridgehead atoms. The minimum absolute atomic E-state index is 0.235. The first-order valence-electron chi connectivity index (χ1n) is 9.13. The number of aliphatic carboxylic acids is 1. The first-order valence-corrected chi connectivity index (χ1v) is 9.13. The summed E-state index contributed by atoms with van der Waals surface area (Å²) < 4.78 is 6.06. The van der Waals surface area contributed by atoms with Crippen LogP contribution in [0, 0.1) is 23.2 Å². The van der Waals surface area contributed by atoms with Gasteiger partial charge in [0.05, 0.1) is 24.0 Å². The summed E-state index contributed by atoms with van der Waals surface area (Å²) in [5, 5.41) is 19.0. The van der Waals surface area contributed by atoms with Crippen molar-refractivity contribution in [3.05, 3.63) is 29.8 Å². The molecule has 3 rings (SSSR count). The molecule has 1 aromatic carbocycles. The number of hydrogen-bond acceptors (Lipinski definition) is 4. The number of benzene rings is 1. The molecule has 1 heterocycles. The number of carboxylic acid groups (broad SMARTS) is 1. The molecule has 26 heavy (non-hydrogen) atoms. The molecule has 2 atom stereocenters. The van der Waals surface area contributed by atoms with Crippen molar-refractivity contribution >= 4 is 12.4 Å². The molecule has 6 nitrogen and oxygen atoms in total. The average molecular weight is 356 g/mol. The van der Waals surface area contributed by atoms with Gasteiger partial charge in [-0.2, -0.15) is 5.26 Å². The molecule has 1 aliphatic heterocycles. The lowest BCUT2D eigenvalue weighted by Crippen LogP contribution is -2.41. The van der Waals surface area contributed by atoms with E-state index < -0.39 is 11.4 Å². The van der Waals surface area contributed by atoms with E-state index in [1.54, 1.807) is 4.90 Å². The van der Waals surface area contributed by atoms with E-state index in [2.05, 4.69) is 6.07 Å². The quantitative estimate of drug-likeness (QED) is 0.791. The van der Waals surface area contributed by atoms with Crippen LogP contribution >= 0.6 is 0 Å². The third-order valence-electron chi connectivity index (χ3n) is 5.78. The Morgan fingerprint density at radius 3 is 2.69 bits per heavy atom. The maximum absolute atomic E-state index is 11.1. The topological polar surface area (TPSA) is 90.6 Å². The van der Waals surface area contributed by atoms with Crippen LogP contribution in [0.5, 0.6) is 5.75 Å². The number of amides is 1. The highest BCUT2D eigenvalue weighted by molar-refractivity contribution is 5.70. The second kappa shape index (κ2) is 7.77. The Morgan fingerprint density at radius 1 is 1.35 bits per heavy atom. The molecule has 0 spiro atoms. The lowest BCUT2D eigenvalue weighted by Gasteiger charge is -2.36. The molecule has 2 fully saturated rings. The first-order chi connectivity index (χ1) is 12.6. The van der Waals surface area contributed by atoms with Crippen molar-refractivity contribution in [2.45, 2.75) is 37.5 Å². The molecule has 138 valence electrons. The van der Waals surface area contributed by atoms with Crippen molar-refractivity contribution in [3.63, 3.8) is 0 Å².